The molecule has 0 saturated heterocycles. The molecule has 0 spiro atoms. The second kappa shape index (κ2) is 7.24. The van der Waals surface area contributed by atoms with Crippen molar-refractivity contribution in [2.24, 2.45) is 0 Å². The molecule has 2 aromatic rings. The Morgan fingerprint density at radius 1 is 0.952 bits per heavy atom. The molecule has 0 amide bonds. The second-order valence-electron chi connectivity index (χ2n) is 5.58. The van der Waals surface area contributed by atoms with Crippen molar-refractivity contribution in [3.05, 3.63) is 83.4 Å². The van der Waals surface area contributed by atoms with Gasteiger partial charge in [-0.15, -0.1) is 0 Å². The van der Waals surface area contributed by atoms with Crippen molar-refractivity contribution >= 4 is 0 Å². The van der Waals surface area contributed by atoms with E-state index in [0.29, 0.717) is 0 Å². The Kier molecular flexibility index (Phi) is 5.35. The van der Waals surface area contributed by atoms with Gasteiger partial charge in [0.15, 0.2) is 0 Å². The summed E-state index contributed by atoms with van der Waals surface area (Å²) >= 11 is 0. The number of hydrogen-bond acceptors (Lipinski definition) is 1. The van der Waals surface area contributed by atoms with Gasteiger partial charge < -0.3 is 5.11 Å². The van der Waals surface area contributed by atoms with Crippen molar-refractivity contribution in [3.8, 4) is 0 Å². The van der Waals surface area contributed by atoms with Crippen LogP contribution in [-0.4, -0.2) is 11.7 Å². The fourth-order valence-electron chi connectivity index (χ4n) is 2.66. The van der Waals surface area contributed by atoms with E-state index in [4.69, 9.17) is 0 Å². The van der Waals surface area contributed by atoms with Gasteiger partial charge in [-0.3, -0.25) is 0 Å². The van der Waals surface area contributed by atoms with E-state index in [0.717, 1.165) is 12.8 Å². The topological polar surface area (TPSA) is 20.2 Å². The highest BCUT2D eigenvalue weighted by Gasteiger charge is 2.32. The van der Waals surface area contributed by atoms with E-state index in [1.54, 1.807) is 0 Å². The quantitative estimate of drug-likeness (QED) is 0.760. The molecule has 0 atom stereocenters. The summed E-state index contributed by atoms with van der Waals surface area (Å²) in [5.41, 5.74) is 3.33. The molecule has 0 saturated carbocycles. The van der Waals surface area contributed by atoms with Crippen LogP contribution in [0.1, 0.15) is 37.8 Å². The standard InChI is InChI=1S/C20H24O/c1-3-17(2)14-15-20(16-21,18-10-6-4-7-11-18)19-12-8-5-9-13-19/h4-14,21H,3,15-16H2,1-2H3/b17-14+. The monoisotopic (exact) mass is 280 g/mol. The highest BCUT2D eigenvalue weighted by atomic mass is 16.3. The summed E-state index contributed by atoms with van der Waals surface area (Å²) in [6.07, 6.45) is 4.12. The molecule has 0 aliphatic heterocycles. The molecule has 1 N–H and O–H groups in total. The number of rotatable bonds is 6. The molecule has 0 aromatic heterocycles. The lowest BCUT2D eigenvalue weighted by atomic mass is 9.72. The van der Waals surface area contributed by atoms with Crippen molar-refractivity contribution in [3.63, 3.8) is 0 Å². The lowest BCUT2D eigenvalue weighted by Gasteiger charge is -2.32. The Morgan fingerprint density at radius 3 is 1.81 bits per heavy atom. The van der Waals surface area contributed by atoms with E-state index in [-0.39, 0.29) is 12.0 Å². The first-order valence-electron chi connectivity index (χ1n) is 7.60. The van der Waals surface area contributed by atoms with Gasteiger partial charge >= 0.3 is 0 Å². The highest BCUT2D eigenvalue weighted by molar-refractivity contribution is 5.40. The van der Waals surface area contributed by atoms with Gasteiger partial charge in [-0.2, -0.15) is 0 Å². The van der Waals surface area contributed by atoms with Gasteiger partial charge in [0.2, 0.25) is 0 Å². The molecule has 0 bridgehead atoms. The number of aliphatic hydroxyl groups is 1. The number of allylic oxidation sites excluding steroid dienone is 2. The maximum Gasteiger partial charge on any atom is 0.0571 e. The van der Waals surface area contributed by atoms with Crippen LogP contribution in [0.3, 0.4) is 0 Å². The summed E-state index contributed by atoms with van der Waals surface area (Å²) in [6.45, 7) is 4.42. The van der Waals surface area contributed by atoms with Crippen molar-refractivity contribution in [2.45, 2.75) is 32.1 Å². The van der Waals surface area contributed by atoms with Gasteiger partial charge in [0, 0.05) is 5.41 Å². The van der Waals surface area contributed by atoms with Gasteiger partial charge in [0.25, 0.3) is 0 Å². The molecule has 1 heteroatoms. The molecule has 1 nitrogen and oxygen atoms in total. The van der Waals surface area contributed by atoms with Crippen LogP contribution in [0.15, 0.2) is 72.3 Å². The zero-order valence-electron chi connectivity index (χ0n) is 12.9. The third-order valence-corrected chi connectivity index (χ3v) is 4.28. The van der Waals surface area contributed by atoms with Gasteiger partial charge in [0.05, 0.1) is 6.61 Å². The van der Waals surface area contributed by atoms with Crippen LogP contribution in [0.5, 0.6) is 0 Å². The highest BCUT2D eigenvalue weighted by Crippen LogP contribution is 2.36. The summed E-state index contributed by atoms with van der Waals surface area (Å²) in [4.78, 5) is 0. The first-order chi connectivity index (χ1) is 10.2. The van der Waals surface area contributed by atoms with E-state index in [2.05, 4.69) is 44.2 Å². The maximum atomic E-state index is 10.2. The third kappa shape index (κ3) is 3.43. The van der Waals surface area contributed by atoms with Crippen LogP contribution in [0, 0.1) is 0 Å². The molecule has 2 aromatic carbocycles. The minimum absolute atomic E-state index is 0.106. The fraction of sp³-hybridized carbons (Fsp3) is 0.300. The summed E-state index contributed by atoms with van der Waals surface area (Å²) in [6, 6.07) is 20.6. The average molecular weight is 280 g/mol. The van der Waals surface area contributed by atoms with Crippen LogP contribution in [0.4, 0.5) is 0 Å². The van der Waals surface area contributed by atoms with Crippen molar-refractivity contribution in [2.75, 3.05) is 6.61 Å². The fourth-order valence-corrected chi connectivity index (χ4v) is 2.66. The molecule has 0 heterocycles. The Bertz CT molecular complexity index is 530. The van der Waals surface area contributed by atoms with Gasteiger partial charge in [-0.05, 0) is 30.9 Å². The van der Waals surface area contributed by atoms with Gasteiger partial charge in [-0.25, -0.2) is 0 Å². The van der Waals surface area contributed by atoms with Crippen LogP contribution < -0.4 is 0 Å². The van der Waals surface area contributed by atoms with E-state index < -0.39 is 0 Å². The molecule has 0 fully saturated rings. The molecular weight excluding hydrogens is 256 g/mol. The first-order valence-corrected chi connectivity index (χ1v) is 7.60. The lowest BCUT2D eigenvalue weighted by Crippen LogP contribution is -2.31. The largest absolute Gasteiger partial charge is 0.395 e. The van der Waals surface area contributed by atoms with E-state index in [1.807, 2.05) is 36.4 Å². The Balaban J connectivity index is 2.52. The number of hydrogen-bond donors (Lipinski definition) is 1. The summed E-state index contributed by atoms with van der Waals surface area (Å²) in [7, 11) is 0. The van der Waals surface area contributed by atoms with Crippen LogP contribution in [-0.2, 0) is 5.41 Å². The summed E-state index contributed by atoms with van der Waals surface area (Å²) in [5.74, 6) is 0. The third-order valence-electron chi connectivity index (χ3n) is 4.28. The summed E-state index contributed by atoms with van der Waals surface area (Å²) in [5, 5.41) is 10.2. The number of benzene rings is 2. The zero-order valence-corrected chi connectivity index (χ0v) is 12.9. The minimum atomic E-state index is -0.362. The molecule has 0 radical (unpaired) electrons. The Morgan fingerprint density at radius 2 is 1.43 bits per heavy atom. The molecule has 21 heavy (non-hydrogen) atoms. The minimum Gasteiger partial charge on any atom is -0.395 e. The van der Waals surface area contributed by atoms with Crippen molar-refractivity contribution < 1.29 is 5.11 Å². The predicted molar refractivity (Wildman–Crippen MR) is 89.4 cm³/mol. The van der Waals surface area contributed by atoms with Crippen molar-refractivity contribution in [1.82, 2.24) is 0 Å². The van der Waals surface area contributed by atoms with Crippen LogP contribution in [0.2, 0.25) is 0 Å². The average Bonchev–Trinajstić information content (AvgIpc) is 2.57. The lowest BCUT2D eigenvalue weighted by molar-refractivity contribution is 0.220. The molecule has 0 aliphatic rings. The Labute approximate surface area is 128 Å². The second-order valence-corrected chi connectivity index (χ2v) is 5.58. The molecular formula is C20H24O. The summed E-state index contributed by atoms with van der Waals surface area (Å²) < 4.78 is 0. The maximum absolute atomic E-state index is 10.2. The van der Waals surface area contributed by atoms with Gasteiger partial charge in [0.1, 0.15) is 0 Å². The van der Waals surface area contributed by atoms with E-state index in [9.17, 15) is 5.11 Å². The molecule has 0 aliphatic carbocycles. The van der Waals surface area contributed by atoms with E-state index >= 15 is 0 Å². The van der Waals surface area contributed by atoms with Crippen molar-refractivity contribution in [1.29, 1.82) is 0 Å². The molecule has 2 rings (SSSR count). The number of aliphatic hydroxyl groups excluding tert-OH is 1. The smallest absolute Gasteiger partial charge is 0.0571 e. The normalized spacial score (nSPS) is 12.4. The first kappa shape index (κ1) is 15.5. The Hall–Kier alpha value is -1.86. The molecule has 0 unspecified atom stereocenters. The van der Waals surface area contributed by atoms with Crippen LogP contribution >= 0.6 is 0 Å². The van der Waals surface area contributed by atoms with E-state index in [1.165, 1.54) is 16.7 Å². The van der Waals surface area contributed by atoms with Crippen LogP contribution in [0.25, 0.3) is 0 Å². The van der Waals surface area contributed by atoms with Gasteiger partial charge in [-0.1, -0.05) is 79.2 Å². The molecule has 110 valence electrons. The zero-order chi connectivity index (χ0) is 15.1. The predicted octanol–water partition coefficient (Wildman–Crippen LogP) is 4.71. The SMILES string of the molecule is CC/C(C)=C/CC(CO)(c1ccccc1)c1ccccc1.